The summed E-state index contributed by atoms with van der Waals surface area (Å²) < 4.78 is 11.7. The number of ether oxygens (including phenoxy) is 2. The Morgan fingerprint density at radius 3 is 2.46 bits per heavy atom. The first-order valence-corrected chi connectivity index (χ1v) is 8.02. The van der Waals surface area contributed by atoms with Crippen LogP contribution < -0.4 is 14.4 Å². The predicted molar refractivity (Wildman–Crippen MR) is 96.7 cm³/mol. The van der Waals surface area contributed by atoms with Crippen LogP contribution in [0.2, 0.25) is 0 Å². The summed E-state index contributed by atoms with van der Waals surface area (Å²) in [5, 5.41) is 0. The van der Waals surface area contributed by atoms with Crippen LogP contribution in [0.1, 0.15) is 11.1 Å². The van der Waals surface area contributed by atoms with E-state index in [0.29, 0.717) is 6.61 Å². The van der Waals surface area contributed by atoms with Crippen LogP contribution in [-0.2, 0) is 6.61 Å². The molecular formula is C21H19NO2. The van der Waals surface area contributed by atoms with Crippen LogP contribution in [-0.4, -0.2) is 7.11 Å². The van der Waals surface area contributed by atoms with Crippen molar-refractivity contribution < 1.29 is 9.47 Å². The van der Waals surface area contributed by atoms with E-state index in [1.165, 1.54) is 5.56 Å². The van der Waals surface area contributed by atoms with Gasteiger partial charge in [-0.15, -0.1) is 0 Å². The number of benzene rings is 3. The number of rotatable bonds is 2. The molecule has 0 aliphatic carbocycles. The smallest absolute Gasteiger partial charge is 0.143 e. The van der Waals surface area contributed by atoms with Crippen LogP contribution >= 0.6 is 0 Å². The van der Waals surface area contributed by atoms with E-state index in [4.69, 9.17) is 9.47 Å². The van der Waals surface area contributed by atoms with E-state index in [1.807, 2.05) is 24.3 Å². The van der Waals surface area contributed by atoms with Crippen molar-refractivity contribution in [2.24, 2.45) is 0 Å². The lowest BCUT2D eigenvalue weighted by atomic mass is 10.1. The monoisotopic (exact) mass is 317 g/mol. The zero-order valence-electron chi connectivity index (χ0n) is 13.8. The van der Waals surface area contributed by atoms with E-state index in [0.717, 1.165) is 34.1 Å². The molecule has 1 heterocycles. The zero-order valence-corrected chi connectivity index (χ0v) is 13.8. The second-order valence-corrected chi connectivity index (χ2v) is 5.90. The van der Waals surface area contributed by atoms with Gasteiger partial charge in [-0.1, -0.05) is 36.4 Å². The SMILES string of the molecule is COc1cc(C)ccc1N1c2ccccc2COc2ccccc21. The maximum Gasteiger partial charge on any atom is 0.143 e. The van der Waals surface area contributed by atoms with Crippen molar-refractivity contribution in [2.45, 2.75) is 13.5 Å². The van der Waals surface area contributed by atoms with E-state index in [1.54, 1.807) is 7.11 Å². The van der Waals surface area contributed by atoms with Gasteiger partial charge in [-0.3, -0.25) is 0 Å². The number of hydrogen-bond donors (Lipinski definition) is 0. The molecule has 1 aliphatic heterocycles. The van der Waals surface area contributed by atoms with Crippen LogP contribution in [0.15, 0.2) is 66.7 Å². The number of anilines is 3. The van der Waals surface area contributed by atoms with Crippen molar-refractivity contribution in [3.05, 3.63) is 77.9 Å². The third kappa shape index (κ3) is 2.38. The molecule has 3 nitrogen and oxygen atoms in total. The minimum atomic E-state index is 0.553. The molecule has 0 radical (unpaired) electrons. The summed E-state index contributed by atoms with van der Waals surface area (Å²) in [6, 6.07) is 22.7. The van der Waals surface area contributed by atoms with Gasteiger partial charge in [-0.25, -0.2) is 0 Å². The van der Waals surface area contributed by atoms with Gasteiger partial charge in [0.25, 0.3) is 0 Å². The molecule has 0 atom stereocenters. The van der Waals surface area contributed by atoms with Crippen molar-refractivity contribution in [2.75, 3.05) is 12.0 Å². The molecule has 0 saturated carbocycles. The van der Waals surface area contributed by atoms with Crippen molar-refractivity contribution in [1.82, 2.24) is 0 Å². The van der Waals surface area contributed by atoms with Crippen molar-refractivity contribution in [1.29, 1.82) is 0 Å². The molecule has 0 saturated heterocycles. The highest BCUT2D eigenvalue weighted by atomic mass is 16.5. The Labute approximate surface area is 142 Å². The Bertz CT molecular complexity index is 841. The lowest BCUT2D eigenvalue weighted by Crippen LogP contribution is -2.12. The van der Waals surface area contributed by atoms with Crippen molar-refractivity contribution in [3.8, 4) is 11.5 Å². The van der Waals surface area contributed by atoms with Gasteiger partial charge >= 0.3 is 0 Å². The minimum Gasteiger partial charge on any atom is -0.495 e. The molecule has 0 unspecified atom stereocenters. The number of para-hydroxylation sites is 3. The first-order chi connectivity index (χ1) is 11.8. The molecule has 0 N–H and O–H groups in total. The molecule has 0 fully saturated rings. The van der Waals surface area contributed by atoms with E-state index in [-0.39, 0.29) is 0 Å². The zero-order chi connectivity index (χ0) is 16.5. The molecule has 3 aromatic carbocycles. The van der Waals surface area contributed by atoms with Gasteiger partial charge in [0.05, 0.1) is 24.2 Å². The normalized spacial score (nSPS) is 12.7. The Morgan fingerprint density at radius 1 is 0.875 bits per heavy atom. The van der Waals surface area contributed by atoms with Gasteiger partial charge in [-0.2, -0.15) is 0 Å². The Hall–Kier alpha value is -2.94. The topological polar surface area (TPSA) is 21.7 Å². The first-order valence-electron chi connectivity index (χ1n) is 8.02. The number of fused-ring (bicyclic) bond motifs is 2. The van der Waals surface area contributed by atoms with E-state index < -0.39 is 0 Å². The van der Waals surface area contributed by atoms with Crippen LogP contribution in [0, 0.1) is 6.92 Å². The number of methoxy groups -OCH3 is 1. The molecule has 0 amide bonds. The van der Waals surface area contributed by atoms with Crippen LogP contribution in [0.4, 0.5) is 17.1 Å². The lowest BCUT2D eigenvalue weighted by molar-refractivity contribution is 0.310. The molecule has 4 rings (SSSR count). The molecule has 3 aromatic rings. The quantitative estimate of drug-likeness (QED) is 0.634. The molecule has 3 heteroatoms. The molecule has 1 aliphatic rings. The van der Waals surface area contributed by atoms with Crippen LogP contribution in [0.25, 0.3) is 0 Å². The molecular weight excluding hydrogens is 298 g/mol. The summed E-state index contributed by atoms with van der Waals surface area (Å²) in [6.07, 6.45) is 0. The Morgan fingerprint density at radius 2 is 1.62 bits per heavy atom. The second-order valence-electron chi connectivity index (χ2n) is 5.90. The maximum atomic E-state index is 6.04. The molecule has 0 aromatic heterocycles. The lowest BCUT2D eigenvalue weighted by Gasteiger charge is -2.27. The average Bonchev–Trinajstić information content (AvgIpc) is 2.79. The summed E-state index contributed by atoms with van der Waals surface area (Å²) >= 11 is 0. The van der Waals surface area contributed by atoms with Gasteiger partial charge in [0.1, 0.15) is 18.1 Å². The van der Waals surface area contributed by atoms with Crippen LogP contribution in [0.3, 0.4) is 0 Å². The number of nitrogens with zero attached hydrogens (tertiary/aromatic N) is 1. The summed E-state index contributed by atoms with van der Waals surface area (Å²) in [5.74, 6) is 1.72. The first kappa shape index (κ1) is 14.6. The summed E-state index contributed by atoms with van der Waals surface area (Å²) in [4.78, 5) is 2.22. The summed E-state index contributed by atoms with van der Waals surface area (Å²) in [6.45, 7) is 2.62. The summed E-state index contributed by atoms with van der Waals surface area (Å²) in [5.41, 5.74) is 5.46. The highest BCUT2D eigenvalue weighted by molar-refractivity contribution is 5.85. The van der Waals surface area contributed by atoms with E-state index >= 15 is 0 Å². The number of hydrogen-bond acceptors (Lipinski definition) is 3. The number of aryl methyl sites for hydroxylation is 1. The van der Waals surface area contributed by atoms with Gasteiger partial charge < -0.3 is 14.4 Å². The van der Waals surface area contributed by atoms with Gasteiger partial charge in [0.15, 0.2) is 0 Å². The van der Waals surface area contributed by atoms with E-state index in [9.17, 15) is 0 Å². The van der Waals surface area contributed by atoms with E-state index in [2.05, 4.69) is 54.3 Å². The summed E-state index contributed by atoms with van der Waals surface area (Å²) in [7, 11) is 1.71. The average molecular weight is 317 g/mol. The highest BCUT2D eigenvalue weighted by Gasteiger charge is 2.24. The second kappa shape index (κ2) is 5.93. The van der Waals surface area contributed by atoms with Crippen molar-refractivity contribution in [3.63, 3.8) is 0 Å². The Kier molecular flexibility index (Phi) is 3.62. The molecule has 24 heavy (non-hydrogen) atoms. The van der Waals surface area contributed by atoms with Gasteiger partial charge in [0.2, 0.25) is 0 Å². The third-order valence-electron chi connectivity index (χ3n) is 4.30. The molecule has 120 valence electrons. The Balaban J connectivity index is 2.00. The fourth-order valence-electron chi connectivity index (χ4n) is 3.13. The molecule has 0 spiro atoms. The van der Waals surface area contributed by atoms with Crippen LogP contribution in [0.5, 0.6) is 11.5 Å². The van der Waals surface area contributed by atoms with Gasteiger partial charge in [0, 0.05) is 5.56 Å². The largest absolute Gasteiger partial charge is 0.495 e. The molecule has 0 bridgehead atoms. The third-order valence-corrected chi connectivity index (χ3v) is 4.30. The highest BCUT2D eigenvalue weighted by Crippen LogP contribution is 2.47. The minimum absolute atomic E-state index is 0.553. The van der Waals surface area contributed by atoms with Crippen molar-refractivity contribution >= 4 is 17.1 Å². The maximum absolute atomic E-state index is 6.04. The fourth-order valence-corrected chi connectivity index (χ4v) is 3.13. The fraction of sp³-hybridized carbons (Fsp3) is 0.143. The standard InChI is InChI=1S/C21H19NO2/c1-15-11-12-19(21(13-15)23-2)22-17-8-4-3-7-16(17)14-24-20-10-6-5-9-18(20)22/h3-13H,14H2,1-2H3. The van der Waals surface area contributed by atoms with Gasteiger partial charge in [-0.05, 0) is 42.8 Å². The predicted octanol–water partition coefficient (Wildman–Crippen LogP) is 5.37.